The fourth-order valence-corrected chi connectivity index (χ4v) is 1.45. The van der Waals surface area contributed by atoms with Gasteiger partial charge < -0.3 is 10.6 Å². The van der Waals surface area contributed by atoms with Gasteiger partial charge in [-0.3, -0.25) is 9.59 Å². The lowest BCUT2D eigenvalue weighted by Crippen LogP contribution is -2.46. The summed E-state index contributed by atoms with van der Waals surface area (Å²) in [5, 5.41) is 5.86. The second-order valence-corrected chi connectivity index (χ2v) is 5.06. The standard InChI is InChI=1S/C11H20N2O2/c1-11(2,3)10(15)13-8-5-4-6-12-7-9(8)14/h8,12H,4-7H2,1-3H3,(H,13,15). The normalized spacial score (nSPS) is 23.4. The maximum Gasteiger partial charge on any atom is 0.225 e. The highest BCUT2D eigenvalue weighted by molar-refractivity contribution is 5.91. The molecule has 4 nitrogen and oxygen atoms in total. The quantitative estimate of drug-likeness (QED) is 0.664. The van der Waals surface area contributed by atoms with Crippen LogP contribution in [-0.4, -0.2) is 30.8 Å². The van der Waals surface area contributed by atoms with E-state index in [-0.39, 0.29) is 17.7 Å². The zero-order chi connectivity index (χ0) is 11.5. The molecule has 15 heavy (non-hydrogen) atoms. The summed E-state index contributed by atoms with van der Waals surface area (Å²) in [6.07, 6.45) is 1.68. The Morgan fingerprint density at radius 1 is 1.47 bits per heavy atom. The van der Waals surface area contributed by atoms with Gasteiger partial charge in [0.2, 0.25) is 5.91 Å². The Kier molecular flexibility index (Phi) is 3.85. The van der Waals surface area contributed by atoms with Crippen molar-refractivity contribution in [2.75, 3.05) is 13.1 Å². The smallest absolute Gasteiger partial charge is 0.225 e. The molecule has 4 heteroatoms. The molecule has 1 atom stereocenters. The van der Waals surface area contributed by atoms with Crippen LogP contribution in [0.2, 0.25) is 0 Å². The number of carbonyl (C=O) groups is 2. The van der Waals surface area contributed by atoms with E-state index in [4.69, 9.17) is 0 Å². The largest absolute Gasteiger partial charge is 0.346 e. The van der Waals surface area contributed by atoms with Gasteiger partial charge in [0.05, 0.1) is 12.6 Å². The first kappa shape index (κ1) is 12.2. The summed E-state index contributed by atoms with van der Waals surface area (Å²) >= 11 is 0. The van der Waals surface area contributed by atoms with Gasteiger partial charge in [0.25, 0.3) is 0 Å². The number of ketones is 1. The first-order chi connectivity index (χ1) is 6.91. The average Bonchev–Trinajstić information content (AvgIpc) is 2.30. The lowest BCUT2D eigenvalue weighted by atomic mass is 9.94. The number of amides is 1. The summed E-state index contributed by atoms with van der Waals surface area (Å²) < 4.78 is 0. The van der Waals surface area contributed by atoms with E-state index in [0.29, 0.717) is 6.54 Å². The topological polar surface area (TPSA) is 58.2 Å². The second kappa shape index (κ2) is 4.75. The van der Waals surface area contributed by atoms with Gasteiger partial charge in [-0.1, -0.05) is 20.8 Å². The number of hydrogen-bond acceptors (Lipinski definition) is 3. The van der Waals surface area contributed by atoms with Crippen molar-refractivity contribution in [1.82, 2.24) is 10.6 Å². The molecule has 1 rings (SSSR count). The maximum absolute atomic E-state index is 11.7. The average molecular weight is 212 g/mol. The minimum Gasteiger partial charge on any atom is -0.346 e. The summed E-state index contributed by atoms with van der Waals surface area (Å²) in [6.45, 7) is 6.77. The van der Waals surface area contributed by atoms with Gasteiger partial charge in [-0.05, 0) is 19.4 Å². The Balaban J connectivity index is 2.56. The molecule has 0 aliphatic carbocycles. The molecule has 2 N–H and O–H groups in total. The Bertz CT molecular complexity index is 256. The zero-order valence-corrected chi connectivity index (χ0v) is 9.72. The van der Waals surface area contributed by atoms with Crippen LogP contribution in [0.3, 0.4) is 0 Å². The number of rotatable bonds is 1. The molecule has 1 aliphatic rings. The molecule has 1 amide bonds. The predicted molar refractivity (Wildman–Crippen MR) is 58.5 cm³/mol. The molecule has 0 spiro atoms. The molecule has 0 aromatic carbocycles. The van der Waals surface area contributed by atoms with Gasteiger partial charge in [0.1, 0.15) is 0 Å². The third-order valence-electron chi connectivity index (χ3n) is 2.52. The van der Waals surface area contributed by atoms with E-state index in [1.165, 1.54) is 0 Å². The maximum atomic E-state index is 11.7. The van der Waals surface area contributed by atoms with Gasteiger partial charge >= 0.3 is 0 Å². The van der Waals surface area contributed by atoms with Crippen LogP contribution in [0, 0.1) is 5.41 Å². The van der Waals surface area contributed by atoms with Crippen molar-refractivity contribution in [3.63, 3.8) is 0 Å². The van der Waals surface area contributed by atoms with Crippen molar-refractivity contribution in [1.29, 1.82) is 0 Å². The molecule has 86 valence electrons. The highest BCUT2D eigenvalue weighted by Gasteiger charge is 2.27. The van der Waals surface area contributed by atoms with Crippen molar-refractivity contribution in [2.24, 2.45) is 5.41 Å². The first-order valence-electron chi connectivity index (χ1n) is 5.45. The number of hydrogen-bond donors (Lipinski definition) is 2. The Labute approximate surface area is 90.8 Å². The minimum absolute atomic E-state index is 0.0530. The molecule has 1 fully saturated rings. The van der Waals surface area contributed by atoms with Gasteiger partial charge in [-0.2, -0.15) is 0 Å². The lowest BCUT2D eigenvalue weighted by molar-refractivity contribution is -0.132. The monoisotopic (exact) mass is 212 g/mol. The molecular weight excluding hydrogens is 192 g/mol. The molecule has 0 radical (unpaired) electrons. The summed E-state index contributed by atoms with van der Waals surface area (Å²) in [7, 11) is 0. The van der Waals surface area contributed by atoms with Crippen LogP contribution < -0.4 is 10.6 Å². The number of carbonyl (C=O) groups excluding carboxylic acids is 2. The van der Waals surface area contributed by atoms with E-state index in [1.54, 1.807) is 0 Å². The van der Waals surface area contributed by atoms with Crippen LogP contribution >= 0.6 is 0 Å². The number of Topliss-reactive ketones (excluding diaryl/α,β-unsaturated/α-hetero) is 1. The summed E-state index contributed by atoms with van der Waals surface area (Å²) in [5.74, 6) is 0.0350. The third kappa shape index (κ3) is 3.63. The van der Waals surface area contributed by atoms with Crippen LogP contribution in [-0.2, 0) is 9.59 Å². The SMILES string of the molecule is CC(C)(C)C(=O)NC1CCCNCC1=O. The highest BCUT2D eigenvalue weighted by Crippen LogP contribution is 2.14. The molecule has 1 unspecified atom stereocenters. The zero-order valence-electron chi connectivity index (χ0n) is 9.72. The van der Waals surface area contributed by atoms with Crippen LogP contribution in [0.15, 0.2) is 0 Å². The molecule has 0 aromatic heterocycles. The van der Waals surface area contributed by atoms with Crippen LogP contribution in [0.4, 0.5) is 0 Å². The molecule has 0 aromatic rings. The van der Waals surface area contributed by atoms with E-state index in [2.05, 4.69) is 10.6 Å². The molecule has 0 bridgehead atoms. The highest BCUT2D eigenvalue weighted by atomic mass is 16.2. The second-order valence-electron chi connectivity index (χ2n) is 5.06. The van der Waals surface area contributed by atoms with Gasteiger partial charge in [0.15, 0.2) is 5.78 Å². The summed E-state index contributed by atoms with van der Waals surface area (Å²) in [5.41, 5.74) is -0.431. The van der Waals surface area contributed by atoms with Crippen molar-refractivity contribution in [3.8, 4) is 0 Å². The molecule has 0 saturated carbocycles. The molecular formula is C11H20N2O2. The molecule has 1 aliphatic heterocycles. The van der Waals surface area contributed by atoms with Gasteiger partial charge in [-0.25, -0.2) is 0 Å². The van der Waals surface area contributed by atoms with Crippen LogP contribution in [0.1, 0.15) is 33.6 Å². The number of nitrogens with one attached hydrogen (secondary N) is 2. The van der Waals surface area contributed by atoms with Crippen LogP contribution in [0.25, 0.3) is 0 Å². The predicted octanol–water partition coefficient (Wildman–Crippen LogP) is 0.470. The fourth-order valence-electron chi connectivity index (χ4n) is 1.45. The molecule has 1 saturated heterocycles. The van der Waals surface area contributed by atoms with E-state index in [1.807, 2.05) is 20.8 Å². The fraction of sp³-hybridized carbons (Fsp3) is 0.818. The summed E-state index contributed by atoms with van der Waals surface area (Å²) in [4.78, 5) is 23.3. The van der Waals surface area contributed by atoms with E-state index >= 15 is 0 Å². The van der Waals surface area contributed by atoms with Gasteiger partial charge in [0, 0.05) is 5.41 Å². The Morgan fingerprint density at radius 3 is 2.73 bits per heavy atom. The van der Waals surface area contributed by atoms with Crippen molar-refractivity contribution >= 4 is 11.7 Å². The van der Waals surface area contributed by atoms with Crippen molar-refractivity contribution < 1.29 is 9.59 Å². The van der Waals surface area contributed by atoms with E-state index in [9.17, 15) is 9.59 Å². The first-order valence-corrected chi connectivity index (χ1v) is 5.45. The Hall–Kier alpha value is -0.900. The summed E-state index contributed by atoms with van der Waals surface area (Å²) in [6, 6.07) is -0.299. The van der Waals surface area contributed by atoms with Crippen molar-refractivity contribution in [3.05, 3.63) is 0 Å². The van der Waals surface area contributed by atoms with Crippen molar-refractivity contribution in [2.45, 2.75) is 39.7 Å². The minimum atomic E-state index is -0.431. The van der Waals surface area contributed by atoms with Gasteiger partial charge in [-0.15, -0.1) is 0 Å². The van der Waals surface area contributed by atoms with E-state index < -0.39 is 5.41 Å². The molecule has 1 heterocycles. The third-order valence-corrected chi connectivity index (χ3v) is 2.52. The lowest BCUT2D eigenvalue weighted by Gasteiger charge is -2.22. The van der Waals surface area contributed by atoms with Crippen LogP contribution in [0.5, 0.6) is 0 Å². The Morgan fingerprint density at radius 2 is 2.13 bits per heavy atom. The van der Waals surface area contributed by atoms with E-state index in [0.717, 1.165) is 19.4 Å².